The second-order valence-corrected chi connectivity index (χ2v) is 5.85. The molecule has 4 heteroatoms. The summed E-state index contributed by atoms with van der Waals surface area (Å²) in [5.41, 5.74) is -0.540. The maximum atomic E-state index is 11.6. The van der Waals surface area contributed by atoms with Gasteiger partial charge in [-0.2, -0.15) is 0 Å². The van der Waals surface area contributed by atoms with E-state index in [1.165, 1.54) is 0 Å². The molecule has 0 aliphatic heterocycles. The van der Waals surface area contributed by atoms with Crippen LogP contribution in [0.3, 0.4) is 0 Å². The maximum Gasteiger partial charge on any atom is 0.313 e. The first kappa shape index (κ1) is 16.2. The van der Waals surface area contributed by atoms with Crippen molar-refractivity contribution in [2.45, 2.75) is 51.0 Å². The van der Waals surface area contributed by atoms with Crippen LogP contribution in [0, 0.1) is 0 Å². The summed E-state index contributed by atoms with van der Waals surface area (Å²) in [5, 5.41) is 20.3. The molecule has 106 valence electrons. The van der Waals surface area contributed by atoms with Gasteiger partial charge in [0.2, 0.25) is 0 Å². The molecule has 0 spiro atoms. The van der Waals surface area contributed by atoms with Gasteiger partial charge in [-0.05, 0) is 30.5 Å². The zero-order valence-corrected chi connectivity index (χ0v) is 13.0. The normalized spacial score (nSPS) is 13.3. The molecule has 1 rings (SSSR count). The van der Waals surface area contributed by atoms with E-state index >= 15 is 0 Å². The van der Waals surface area contributed by atoms with Crippen molar-refractivity contribution in [1.29, 1.82) is 0 Å². The molecule has 0 saturated heterocycles. The Kier molecular flexibility index (Phi) is 6.01. The lowest BCUT2D eigenvalue weighted by Crippen LogP contribution is -2.40. The molecule has 0 unspecified atom stereocenters. The van der Waals surface area contributed by atoms with E-state index in [1.54, 1.807) is 18.2 Å². The molecule has 0 amide bonds. The summed E-state index contributed by atoms with van der Waals surface area (Å²) in [6.45, 7) is 3.92. The van der Waals surface area contributed by atoms with Crippen molar-refractivity contribution in [2.75, 3.05) is 0 Å². The van der Waals surface area contributed by atoms with Gasteiger partial charge in [0.1, 0.15) is 5.92 Å². The Hall–Kier alpha value is -0.870. The van der Waals surface area contributed by atoms with Gasteiger partial charge in [0.15, 0.2) is 0 Å². The number of hydrogen-bond donors (Lipinski definition) is 2. The molecule has 0 heterocycles. The van der Waals surface area contributed by atoms with Crippen molar-refractivity contribution in [3.63, 3.8) is 0 Å². The van der Waals surface area contributed by atoms with Crippen LogP contribution in [0.15, 0.2) is 28.7 Å². The SMILES string of the molecule is CCCC(O)(CCC)[C@H](C(=O)O)c1cccc(Br)c1. The first-order valence-corrected chi connectivity index (χ1v) is 7.44. The van der Waals surface area contributed by atoms with E-state index in [-0.39, 0.29) is 0 Å². The highest BCUT2D eigenvalue weighted by Crippen LogP contribution is 2.37. The van der Waals surface area contributed by atoms with Crippen LogP contribution in [0.1, 0.15) is 51.0 Å². The van der Waals surface area contributed by atoms with Gasteiger partial charge >= 0.3 is 5.97 Å². The Labute approximate surface area is 122 Å². The van der Waals surface area contributed by atoms with E-state index < -0.39 is 17.5 Å². The number of hydrogen-bond acceptors (Lipinski definition) is 2. The third-order valence-corrected chi connectivity index (χ3v) is 3.83. The Morgan fingerprint density at radius 2 is 1.89 bits per heavy atom. The van der Waals surface area contributed by atoms with Crippen molar-refractivity contribution in [1.82, 2.24) is 0 Å². The average Bonchev–Trinajstić information content (AvgIpc) is 2.28. The Bertz CT molecular complexity index is 425. The maximum absolute atomic E-state index is 11.6. The van der Waals surface area contributed by atoms with E-state index in [2.05, 4.69) is 15.9 Å². The second kappa shape index (κ2) is 7.06. The number of carboxylic acid groups (broad SMARTS) is 1. The van der Waals surface area contributed by atoms with Gasteiger partial charge in [-0.25, -0.2) is 0 Å². The number of halogens is 1. The fourth-order valence-corrected chi connectivity index (χ4v) is 3.07. The lowest BCUT2D eigenvalue weighted by Gasteiger charge is -2.34. The van der Waals surface area contributed by atoms with Crippen LogP contribution in [-0.2, 0) is 4.79 Å². The fourth-order valence-electron chi connectivity index (χ4n) is 2.65. The third-order valence-electron chi connectivity index (χ3n) is 3.33. The predicted molar refractivity (Wildman–Crippen MR) is 79.3 cm³/mol. The molecule has 1 atom stereocenters. The van der Waals surface area contributed by atoms with Gasteiger partial charge < -0.3 is 10.2 Å². The minimum atomic E-state index is -1.18. The number of carbonyl (C=O) groups is 1. The van der Waals surface area contributed by atoms with E-state index in [0.717, 1.165) is 17.3 Å². The van der Waals surface area contributed by atoms with E-state index in [9.17, 15) is 15.0 Å². The monoisotopic (exact) mass is 328 g/mol. The number of carboxylic acids is 1. The number of aliphatic hydroxyl groups is 1. The van der Waals surface area contributed by atoms with Crippen molar-refractivity contribution >= 4 is 21.9 Å². The molecule has 1 aromatic carbocycles. The van der Waals surface area contributed by atoms with E-state index in [1.807, 2.05) is 19.9 Å². The summed E-state index contributed by atoms with van der Waals surface area (Å²) in [5.74, 6) is -1.85. The van der Waals surface area contributed by atoms with Gasteiger partial charge in [-0.15, -0.1) is 0 Å². The third kappa shape index (κ3) is 4.05. The smallest absolute Gasteiger partial charge is 0.313 e. The van der Waals surface area contributed by atoms with Crippen LogP contribution in [0.4, 0.5) is 0 Å². The summed E-state index contributed by atoms with van der Waals surface area (Å²) in [6.07, 6.45) is 2.50. The van der Waals surface area contributed by atoms with E-state index in [0.29, 0.717) is 18.4 Å². The van der Waals surface area contributed by atoms with Crippen LogP contribution in [-0.4, -0.2) is 21.8 Å². The first-order valence-electron chi connectivity index (χ1n) is 6.65. The Balaban J connectivity index is 3.21. The summed E-state index contributed by atoms with van der Waals surface area (Å²) in [7, 11) is 0. The predicted octanol–water partition coefficient (Wildman–Crippen LogP) is 3.95. The molecule has 0 saturated carbocycles. The highest BCUT2D eigenvalue weighted by Gasteiger charge is 2.41. The van der Waals surface area contributed by atoms with Gasteiger partial charge in [-0.3, -0.25) is 4.79 Å². The molecule has 3 nitrogen and oxygen atoms in total. The van der Waals surface area contributed by atoms with Gasteiger partial charge in [0.05, 0.1) is 5.60 Å². The number of benzene rings is 1. The average molecular weight is 329 g/mol. The minimum absolute atomic E-state index is 0.490. The zero-order chi connectivity index (χ0) is 14.5. The molecule has 1 aromatic rings. The highest BCUT2D eigenvalue weighted by molar-refractivity contribution is 9.10. The lowest BCUT2D eigenvalue weighted by molar-refractivity contribution is -0.147. The molecule has 0 bridgehead atoms. The quantitative estimate of drug-likeness (QED) is 0.796. The van der Waals surface area contributed by atoms with Crippen molar-refractivity contribution in [3.05, 3.63) is 34.3 Å². The Morgan fingerprint density at radius 1 is 1.32 bits per heavy atom. The van der Waals surface area contributed by atoms with Crippen molar-refractivity contribution in [2.24, 2.45) is 0 Å². The van der Waals surface area contributed by atoms with Crippen molar-refractivity contribution in [3.8, 4) is 0 Å². The summed E-state index contributed by atoms with van der Waals surface area (Å²) < 4.78 is 0.826. The molecule has 0 fully saturated rings. The number of rotatable bonds is 7. The summed E-state index contributed by atoms with van der Waals surface area (Å²) in [4.78, 5) is 11.6. The standard InChI is InChI=1S/C15H21BrO3/c1-3-8-15(19,9-4-2)13(14(17)18)11-6-5-7-12(16)10-11/h5-7,10,13,19H,3-4,8-9H2,1-2H3,(H,17,18)/t13-/m0/s1. The molecular weight excluding hydrogens is 308 g/mol. The minimum Gasteiger partial charge on any atom is -0.481 e. The zero-order valence-electron chi connectivity index (χ0n) is 11.4. The van der Waals surface area contributed by atoms with Gasteiger partial charge in [0, 0.05) is 4.47 Å². The first-order chi connectivity index (χ1) is 8.94. The molecule has 0 aliphatic carbocycles. The molecule has 0 radical (unpaired) electrons. The topological polar surface area (TPSA) is 57.5 Å². The molecule has 0 aliphatic rings. The summed E-state index contributed by atoms with van der Waals surface area (Å²) >= 11 is 3.35. The molecule has 19 heavy (non-hydrogen) atoms. The Morgan fingerprint density at radius 3 is 2.32 bits per heavy atom. The molecular formula is C15H21BrO3. The fraction of sp³-hybridized carbons (Fsp3) is 0.533. The van der Waals surface area contributed by atoms with Crippen molar-refractivity contribution < 1.29 is 15.0 Å². The van der Waals surface area contributed by atoms with Crippen LogP contribution >= 0.6 is 15.9 Å². The number of aliphatic carboxylic acids is 1. The van der Waals surface area contributed by atoms with Crippen LogP contribution < -0.4 is 0 Å². The lowest BCUT2D eigenvalue weighted by atomic mass is 9.76. The van der Waals surface area contributed by atoms with Crippen LogP contribution in [0.25, 0.3) is 0 Å². The largest absolute Gasteiger partial charge is 0.481 e. The summed E-state index contributed by atoms with van der Waals surface area (Å²) in [6, 6.07) is 7.18. The van der Waals surface area contributed by atoms with Crippen LogP contribution in [0.2, 0.25) is 0 Å². The highest BCUT2D eigenvalue weighted by atomic mass is 79.9. The molecule has 2 N–H and O–H groups in total. The molecule has 0 aromatic heterocycles. The van der Waals surface area contributed by atoms with Gasteiger partial charge in [0.25, 0.3) is 0 Å². The van der Waals surface area contributed by atoms with Crippen LogP contribution in [0.5, 0.6) is 0 Å². The van der Waals surface area contributed by atoms with Gasteiger partial charge in [-0.1, -0.05) is 54.8 Å². The second-order valence-electron chi connectivity index (χ2n) is 4.93. The van der Waals surface area contributed by atoms with E-state index in [4.69, 9.17) is 0 Å².